The molecule has 0 saturated carbocycles. The van der Waals surface area contributed by atoms with Crippen molar-refractivity contribution in [2.75, 3.05) is 11.4 Å². The first kappa shape index (κ1) is 17.4. The smallest absolute Gasteiger partial charge is 0.311 e. The fraction of sp³-hybridized carbons (Fsp3) is 0.333. The van der Waals surface area contributed by atoms with E-state index in [-0.39, 0.29) is 18.0 Å². The number of aromatic nitrogens is 1. The number of pyridine rings is 1. The Balaban J connectivity index is 1.67. The van der Waals surface area contributed by atoms with Crippen LogP contribution in [0.2, 0.25) is 0 Å². The van der Waals surface area contributed by atoms with Crippen LogP contribution in [0, 0.1) is 0 Å². The highest BCUT2D eigenvalue weighted by molar-refractivity contribution is 5.99. The van der Waals surface area contributed by atoms with Crippen molar-refractivity contribution in [1.29, 1.82) is 0 Å². The molecule has 0 aliphatic carbocycles. The van der Waals surface area contributed by atoms with Gasteiger partial charge in [-0.05, 0) is 49.7 Å². The molecule has 1 aromatic heterocycles. The number of carbonyl (C=O) groups is 1. The Morgan fingerprint density at radius 3 is 2.52 bits per heavy atom. The summed E-state index contributed by atoms with van der Waals surface area (Å²) in [4.78, 5) is 18.4. The molecule has 1 amide bonds. The standard InChI is InChI=1S/C18H18F3N3O/c1-12(15-4-2-3-10-22-15)23-16-9-11-24(17(16)25)14-7-5-13(6-8-14)18(19,20)21/h2-8,10,12,16,23H,9,11H2,1H3/t12-,16+/m1/s1. The van der Waals surface area contributed by atoms with Gasteiger partial charge < -0.3 is 4.90 Å². The van der Waals surface area contributed by atoms with Gasteiger partial charge in [0.2, 0.25) is 5.91 Å². The first-order chi connectivity index (χ1) is 11.9. The van der Waals surface area contributed by atoms with Crippen molar-refractivity contribution in [1.82, 2.24) is 10.3 Å². The molecule has 7 heteroatoms. The summed E-state index contributed by atoms with van der Waals surface area (Å²) >= 11 is 0. The van der Waals surface area contributed by atoms with E-state index in [1.165, 1.54) is 17.0 Å². The number of halogens is 3. The number of anilines is 1. The van der Waals surface area contributed by atoms with Crippen LogP contribution in [0.5, 0.6) is 0 Å². The SMILES string of the molecule is C[C@@H](N[C@H]1CCN(c2ccc(C(F)(F)F)cc2)C1=O)c1ccccn1. The zero-order valence-electron chi connectivity index (χ0n) is 13.6. The predicted octanol–water partition coefficient (Wildman–Crippen LogP) is 3.56. The largest absolute Gasteiger partial charge is 0.416 e. The fourth-order valence-electron chi connectivity index (χ4n) is 2.94. The molecule has 1 N–H and O–H groups in total. The van der Waals surface area contributed by atoms with Crippen LogP contribution in [0.3, 0.4) is 0 Å². The Hall–Kier alpha value is -2.41. The number of nitrogens with one attached hydrogen (secondary N) is 1. The van der Waals surface area contributed by atoms with E-state index < -0.39 is 11.7 Å². The minimum atomic E-state index is -4.38. The van der Waals surface area contributed by atoms with E-state index in [9.17, 15) is 18.0 Å². The Bertz CT molecular complexity index is 731. The lowest BCUT2D eigenvalue weighted by atomic mass is 10.1. The molecule has 2 aromatic rings. The molecule has 2 atom stereocenters. The molecule has 0 radical (unpaired) electrons. The van der Waals surface area contributed by atoms with Crippen molar-refractivity contribution < 1.29 is 18.0 Å². The molecule has 0 unspecified atom stereocenters. The lowest BCUT2D eigenvalue weighted by molar-refractivity contribution is -0.137. The highest BCUT2D eigenvalue weighted by Gasteiger charge is 2.34. The minimum Gasteiger partial charge on any atom is -0.311 e. The van der Waals surface area contributed by atoms with Gasteiger partial charge in [-0.1, -0.05) is 6.07 Å². The second kappa shape index (κ2) is 6.84. The topological polar surface area (TPSA) is 45.2 Å². The molecule has 4 nitrogen and oxygen atoms in total. The summed E-state index contributed by atoms with van der Waals surface area (Å²) in [5, 5.41) is 3.25. The van der Waals surface area contributed by atoms with Crippen molar-refractivity contribution in [3.63, 3.8) is 0 Å². The van der Waals surface area contributed by atoms with Crippen LogP contribution in [0.4, 0.5) is 18.9 Å². The normalized spacial score (nSPS) is 19.3. The van der Waals surface area contributed by atoms with E-state index in [1.807, 2.05) is 25.1 Å². The number of benzene rings is 1. The van der Waals surface area contributed by atoms with Crippen molar-refractivity contribution in [3.05, 3.63) is 59.9 Å². The lowest BCUT2D eigenvalue weighted by Crippen LogP contribution is -2.39. The Morgan fingerprint density at radius 2 is 1.92 bits per heavy atom. The monoisotopic (exact) mass is 349 g/mol. The molecule has 1 fully saturated rings. The van der Waals surface area contributed by atoms with Gasteiger partial charge in [-0.3, -0.25) is 15.1 Å². The molecule has 25 heavy (non-hydrogen) atoms. The predicted molar refractivity (Wildman–Crippen MR) is 88.0 cm³/mol. The van der Waals surface area contributed by atoms with Gasteiger partial charge in [-0.2, -0.15) is 13.2 Å². The Labute approximate surface area is 143 Å². The maximum absolute atomic E-state index is 12.6. The summed E-state index contributed by atoms with van der Waals surface area (Å²) in [6.07, 6.45) is -2.09. The minimum absolute atomic E-state index is 0.0947. The highest BCUT2D eigenvalue weighted by atomic mass is 19.4. The summed E-state index contributed by atoms with van der Waals surface area (Å²) in [5.41, 5.74) is 0.595. The van der Waals surface area contributed by atoms with E-state index in [0.29, 0.717) is 18.7 Å². The molecule has 1 aliphatic heterocycles. The third-order valence-corrected chi connectivity index (χ3v) is 4.29. The number of rotatable bonds is 4. The quantitative estimate of drug-likeness (QED) is 0.918. The van der Waals surface area contributed by atoms with Crippen LogP contribution in [-0.2, 0) is 11.0 Å². The fourth-order valence-corrected chi connectivity index (χ4v) is 2.94. The van der Waals surface area contributed by atoms with Crippen LogP contribution in [0.15, 0.2) is 48.7 Å². The first-order valence-electron chi connectivity index (χ1n) is 8.02. The number of nitrogens with zero attached hydrogens (tertiary/aromatic N) is 2. The third-order valence-electron chi connectivity index (χ3n) is 4.29. The van der Waals surface area contributed by atoms with Crippen LogP contribution in [0.25, 0.3) is 0 Å². The molecular weight excluding hydrogens is 331 g/mol. The number of alkyl halides is 3. The van der Waals surface area contributed by atoms with E-state index in [0.717, 1.165) is 17.8 Å². The first-order valence-corrected chi connectivity index (χ1v) is 8.02. The van der Waals surface area contributed by atoms with Gasteiger partial charge in [0.25, 0.3) is 0 Å². The molecule has 0 bridgehead atoms. The number of amides is 1. The number of hydrogen-bond acceptors (Lipinski definition) is 3. The summed E-state index contributed by atoms with van der Waals surface area (Å²) in [5.74, 6) is -0.137. The van der Waals surface area contributed by atoms with Crippen LogP contribution in [-0.4, -0.2) is 23.5 Å². The Morgan fingerprint density at radius 1 is 1.20 bits per heavy atom. The van der Waals surface area contributed by atoms with Gasteiger partial charge >= 0.3 is 6.18 Å². The van der Waals surface area contributed by atoms with Gasteiger partial charge in [0.1, 0.15) is 0 Å². The summed E-state index contributed by atoms with van der Waals surface area (Å²) in [7, 11) is 0. The third kappa shape index (κ3) is 3.82. The van der Waals surface area contributed by atoms with Gasteiger partial charge in [-0.25, -0.2) is 0 Å². The second-order valence-electron chi connectivity index (χ2n) is 6.02. The zero-order valence-corrected chi connectivity index (χ0v) is 13.6. The van der Waals surface area contributed by atoms with Crippen molar-refractivity contribution in [3.8, 4) is 0 Å². The van der Waals surface area contributed by atoms with Crippen LogP contribution < -0.4 is 10.2 Å². The zero-order chi connectivity index (χ0) is 18.0. The second-order valence-corrected chi connectivity index (χ2v) is 6.02. The molecule has 2 heterocycles. The number of hydrogen-bond donors (Lipinski definition) is 1. The average Bonchev–Trinajstić information content (AvgIpc) is 2.96. The van der Waals surface area contributed by atoms with Crippen molar-refractivity contribution in [2.24, 2.45) is 0 Å². The van der Waals surface area contributed by atoms with E-state index in [1.54, 1.807) is 6.20 Å². The lowest BCUT2D eigenvalue weighted by Gasteiger charge is -2.20. The van der Waals surface area contributed by atoms with Gasteiger partial charge in [0, 0.05) is 24.5 Å². The molecule has 3 rings (SSSR count). The van der Waals surface area contributed by atoms with Gasteiger partial charge in [-0.15, -0.1) is 0 Å². The molecular formula is C18H18F3N3O. The molecule has 132 valence electrons. The average molecular weight is 349 g/mol. The van der Waals surface area contributed by atoms with E-state index in [4.69, 9.17) is 0 Å². The molecule has 1 aromatic carbocycles. The summed E-state index contributed by atoms with van der Waals surface area (Å²) in [6.45, 7) is 2.40. The maximum atomic E-state index is 12.6. The maximum Gasteiger partial charge on any atom is 0.416 e. The molecule has 1 aliphatic rings. The summed E-state index contributed by atoms with van der Waals surface area (Å²) < 4.78 is 37.9. The van der Waals surface area contributed by atoms with E-state index in [2.05, 4.69) is 10.3 Å². The Kier molecular flexibility index (Phi) is 4.76. The van der Waals surface area contributed by atoms with Crippen molar-refractivity contribution >= 4 is 11.6 Å². The van der Waals surface area contributed by atoms with Gasteiger partial charge in [0.05, 0.1) is 17.3 Å². The van der Waals surface area contributed by atoms with Crippen molar-refractivity contribution in [2.45, 2.75) is 31.6 Å². The van der Waals surface area contributed by atoms with Gasteiger partial charge in [0.15, 0.2) is 0 Å². The summed E-state index contributed by atoms with van der Waals surface area (Å²) in [6, 6.07) is 9.79. The molecule has 0 spiro atoms. The number of carbonyl (C=O) groups excluding carboxylic acids is 1. The molecule has 1 saturated heterocycles. The van der Waals surface area contributed by atoms with Crippen LogP contribution >= 0.6 is 0 Å². The highest BCUT2D eigenvalue weighted by Crippen LogP contribution is 2.31. The van der Waals surface area contributed by atoms with Crippen LogP contribution in [0.1, 0.15) is 30.6 Å². The van der Waals surface area contributed by atoms with E-state index >= 15 is 0 Å².